The molecule has 1 aliphatic heterocycles. The van der Waals surface area contributed by atoms with Crippen molar-refractivity contribution in [3.63, 3.8) is 0 Å². The summed E-state index contributed by atoms with van der Waals surface area (Å²) < 4.78 is 25.3. The number of nitrogens with two attached hydrogens (primary N) is 1. The first-order chi connectivity index (χ1) is 9.29. The molecule has 0 spiro atoms. The van der Waals surface area contributed by atoms with Crippen LogP contribution in [-0.2, 0) is 10.2 Å². The van der Waals surface area contributed by atoms with Crippen LogP contribution in [0.4, 0.5) is 0 Å². The molecule has 1 aliphatic rings. The molecule has 1 aromatic rings. The molecule has 0 unspecified atom stereocenters. The number of amides is 1. The fourth-order valence-corrected chi connectivity index (χ4v) is 3.56. The molecule has 1 fully saturated rings. The molecule has 0 aromatic heterocycles. The molecular weight excluding hydrogens is 461 g/mol. The molecule has 6 nitrogen and oxygen atoms in total. The molecule has 1 heterocycles. The zero-order valence-corrected chi connectivity index (χ0v) is 15.0. The van der Waals surface area contributed by atoms with Crippen molar-refractivity contribution >= 4 is 54.6 Å². The van der Waals surface area contributed by atoms with E-state index in [4.69, 9.17) is 5.14 Å². The Labute approximate surface area is 139 Å². The summed E-state index contributed by atoms with van der Waals surface area (Å²) >= 11 is 5.51. The van der Waals surface area contributed by atoms with Crippen LogP contribution in [0.15, 0.2) is 22.7 Å². The molecule has 110 valence electrons. The van der Waals surface area contributed by atoms with Gasteiger partial charge < -0.3 is 4.90 Å². The number of benzene rings is 1. The van der Waals surface area contributed by atoms with Crippen molar-refractivity contribution < 1.29 is 13.2 Å². The van der Waals surface area contributed by atoms with E-state index in [1.54, 1.807) is 11.0 Å². The van der Waals surface area contributed by atoms with Crippen LogP contribution in [0.25, 0.3) is 0 Å². The fourth-order valence-electron chi connectivity index (χ4n) is 1.98. The highest BCUT2D eigenvalue weighted by atomic mass is 127. The van der Waals surface area contributed by atoms with Gasteiger partial charge in [0.1, 0.15) is 0 Å². The first kappa shape index (κ1) is 16.1. The van der Waals surface area contributed by atoms with Crippen LogP contribution in [0, 0.1) is 3.57 Å². The van der Waals surface area contributed by atoms with Crippen molar-refractivity contribution in [3.8, 4) is 0 Å². The third-order valence-corrected chi connectivity index (χ3v) is 5.49. The highest BCUT2D eigenvalue weighted by molar-refractivity contribution is 14.1. The largest absolute Gasteiger partial charge is 0.336 e. The molecule has 2 N–H and O–H groups in total. The normalized spacial score (nSPS) is 17.2. The van der Waals surface area contributed by atoms with Crippen LogP contribution in [-0.4, -0.2) is 49.7 Å². The summed E-state index contributed by atoms with van der Waals surface area (Å²) in [5.74, 6) is -0.107. The molecule has 0 bridgehead atoms. The van der Waals surface area contributed by atoms with E-state index in [0.717, 1.165) is 8.04 Å². The standard InChI is InChI=1S/C11H13BrIN3O3S/c12-10-2-1-8(13)7-9(10)11(17)15-3-5-16(6-4-15)20(14,18)19/h1-2,7H,3-6H2,(H2,14,18,19). The van der Waals surface area contributed by atoms with Gasteiger partial charge in [0, 0.05) is 34.2 Å². The molecule has 0 radical (unpaired) electrons. The highest BCUT2D eigenvalue weighted by Gasteiger charge is 2.27. The van der Waals surface area contributed by atoms with E-state index in [0.29, 0.717) is 18.7 Å². The molecule has 20 heavy (non-hydrogen) atoms. The van der Waals surface area contributed by atoms with Gasteiger partial charge in [0.2, 0.25) is 0 Å². The average molecular weight is 474 g/mol. The first-order valence-corrected chi connectivity index (χ1v) is 9.19. The zero-order chi connectivity index (χ0) is 14.9. The number of carbonyl (C=O) groups is 1. The number of nitrogens with zero attached hydrogens (tertiary/aromatic N) is 2. The summed E-state index contributed by atoms with van der Waals surface area (Å²) in [6.07, 6.45) is 0. The number of piperazine rings is 1. The van der Waals surface area contributed by atoms with Gasteiger partial charge in [0.05, 0.1) is 5.56 Å². The number of hydrogen-bond acceptors (Lipinski definition) is 3. The quantitative estimate of drug-likeness (QED) is 0.651. The lowest BCUT2D eigenvalue weighted by Gasteiger charge is -2.33. The maximum Gasteiger partial charge on any atom is 0.277 e. The lowest BCUT2D eigenvalue weighted by Crippen LogP contribution is -2.52. The minimum atomic E-state index is -3.67. The van der Waals surface area contributed by atoms with Gasteiger partial charge in [0.25, 0.3) is 16.1 Å². The van der Waals surface area contributed by atoms with Crippen molar-refractivity contribution in [1.29, 1.82) is 0 Å². The maximum absolute atomic E-state index is 12.4. The van der Waals surface area contributed by atoms with Crippen molar-refractivity contribution in [2.24, 2.45) is 5.14 Å². The number of hydrogen-bond donors (Lipinski definition) is 1. The second-order valence-electron chi connectivity index (χ2n) is 4.36. The third kappa shape index (κ3) is 3.70. The minimum absolute atomic E-state index is 0.107. The number of halogens is 2. The second-order valence-corrected chi connectivity index (χ2v) is 8.01. The van der Waals surface area contributed by atoms with Gasteiger partial charge in [-0.1, -0.05) is 0 Å². The van der Waals surface area contributed by atoms with Crippen LogP contribution >= 0.6 is 38.5 Å². The van der Waals surface area contributed by atoms with Gasteiger partial charge in [-0.2, -0.15) is 12.7 Å². The summed E-state index contributed by atoms with van der Waals surface area (Å²) in [6.45, 7) is 1.14. The Hall–Kier alpha value is -0.230. The van der Waals surface area contributed by atoms with Gasteiger partial charge in [-0.3, -0.25) is 4.79 Å². The molecule has 0 aliphatic carbocycles. The van der Waals surface area contributed by atoms with E-state index in [1.807, 2.05) is 12.1 Å². The Morgan fingerprint density at radius 2 is 1.85 bits per heavy atom. The molecule has 0 saturated carbocycles. The summed E-state index contributed by atoms with van der Waals surface area (Å²) in [5.41, 5.74) is 0.584. The number of rotatable bonds is 2. The Morgan fingerprint density at radius 1 is 1.25 bits per heavy atom. The smallest absolute Gasteiger partial charge is 0.277 e. The van der Waals surface area contributed by atoms with E-state index < -0.39 is 10.2 Å². The van der Waals surface area contributed by atoms with E-state index in [-0.39, 0.29) is 19.0 Å². The van der Waals surface area contributed by atoms with Crippen molar-refractivity contribution in [1.82, 2.24) is 9.21 Å². The topological polar surface area (TPSA) is 83.7 Å². The second kappa shape index (κ2) is 6.26. The van der Waals surface area contributed by atoms with Crippen LogP contribution in [0.2, 0.25) is 0 Å². The van der Waals surface area contributed by atoms with Gasteiger partial charge in [0.15, 0.2) is 0 Å². The Bertz CT molecular complexity index is 630. The van der Waals surface area contributed by atoms with Crippen LogP contribution < -0.4 is 5.14 Å². The van der Waals surface area contributed by atoms with Gasteiger partial charge in [-0.25, -0.2) is 5.14 Å². The first-order valence-electron chi connectivity index (χ1n) is 5.81. The lowest BCUT2D eigenvalue weighted by molar-refractivity contribution is 0.0697. The highest BCUT2D eigenvalue weighted by Crippen LogP contribution is 2.21. The summed E-state index contributed by atoms with van der Waals surface area (Å²) in [7, 11) is -3.67. The van der Waals surface area contributed by atoms with Crippen LogP contribution in [0.3, 0.4) is 0 Å². The summed E-state index contributed by atoms with van der Waals surface area (Å²) in [4.78, 5) is 14.1. The zero-order valence-electron chi connectivity index (χ0n) is 10.4. The Balaban J connectivity index is 2.11. The molecule has 1 amide bonds. The van der Waals surface area contributed by atoms with Crippen molar-refractivity contribution in [3.05, 3.63) is 31.8 Å². The lowest BCUT2D eigenvalue weighted by atomic mass is 10.2. The maximum atomic E-state index is 12.4. The third-order valence-electron chi connectivity index (χ3n) is 3.04. The SMILES string of the molecule is NS(=O)(=O)N1CCN(C(=O)c2cc(I)ccc2Br)CC1. The molecule has 1 saturated heterocycles. The predicted octanol–water partition coefficient (Wildman–Crippen LogP) is 1.02. The van der Waals surface area contributed by atoms with Gasteiger partial charge in [-0.05, 0) is 56.7 Å². The predicted molar refractivity (Wildman–Crippen MR) is 87.4 cm³/mol. The van der Waals surface area contributed by atoms with E-state index in [2.05, 4.69) is 38.5 Å². The Morgan fingerprint density at radius 3 is 2.40 bits per heavy atom. The minimum Gasteiger partial charge on any atom is -0.336 e. The molecule has 0 atom stereocenters. The van der Waals surface area contributed by atoms with Gasteiger partial charge in [-0.15, -0.1) is 0 Å². The summed E-state index contributed by atoms with van der Waals surface area (Å²) in [6, 6.07) is 5.54. The average Bonchev–Trinajstić information content (AvgIpc) is 2.40. The fraction of sp³-hybridized carbons (Fsp3) is 0.364. The van der Waals surface area contributed by atoms with E-state index >= 15 is 0 Å². The molecule has 9 heteroatoms. The number of carbonyl (C=O) groups excluding carboxylic acids is 1. The van der Waals surface area contributed by atoms with Gasteiger partial charge >= 0.3 is 0 Å². The summed E-state index contributed by atoms with van der Waals surface area (Å²) in [5, 5.41) is 5.07. The Kier molecular flexibility index (Phi) is 5.05. The van der Waals surface area contributed by atoms with Crippen LogP contribution in [0.5, 0.6) is 0 Å². The van der Waals surface area contributed by atoms with Crippen molar-refractivity contribution in [2.45, 2.75) is 0 Å². The van der Waals surface area contributed by atoms with Crippen LogP contribution in [0.1, 0.15) is 10.4 Å². The molecule has 2 rings (SSSR count). The molecule has 1 aromatic carbocycles. The van der Waals surface area contributed by atoms with E-state index in [9.17, 15) is 13.2 Å². The van der Waals surface area contributed by atoms with Crippen molar-refractivity contribution in [2.75, 3.05) is 26.2 Å². The molecular formula is C11H13BrIN3O3S. The monoisotopic (exact) mass is 473 g/mol. The van der Waals surface area contributed by atoms with E-state index in [1.165, 1.54) is 4.31 Å².